The van der Waals surface area contributed by atoms with Crippen LogP contribution in [0.5, 0.6) is 0 Å². The molecule has 2 fully saturated rings. The molecule has 0 bridgehead atoms. The van der Waals surface area contributed by atoms with Gasteiger partial charge in [0.15, 0.2) is 0 Å². The van der Waals surface area contributed by atoms with Gasteiger partial charge in [-0.05, 0) is 31.5 Å². The van der Waals surface area contributed by atoms with E-state index < -0.39 is 0 Å². The molecule has 0 N–H and O–H groups in total. The summed E-state index contributed by atoms with van der Waals surface area (Å²) in [6.07, 6.45) is 5.00. The zero-order chi connectivity index (χ0) is 15.8. The second-order valence-corrected chi connectivity index (χ2v) is 6.16. The van der Waals surface area contributed by atoms with Gasteiger partial charge in [0.2, 0.25) is 11.9 Å². The minimum absolute atomic E-state index is 0.176. The van der Waals surface area contributed by atoms with Gasteiger partial charge in [-0.1, -0.05) is 6.07 Å². The molecule has 0 saturated carbocycles. The Labute approximate surface area is 135 Å². The van der Waals surface area contributed by atoms with Crippen LogP contribution in [0.4, 0.5) is 5.95 Å². The van der Waals surface area contributed by atoms with E-state index >= 15 is 0 Å². The Morgan fingerprint density at radius 3 is 2.78 bits per heavy atom. The Hall–Kier alpha value is -2.50. The van der Waals surface area contributed by atoms with Gasteiger partial charge in [0.05, 0.1) is 24.3 Å². The van der Waals surface area contributed by atoms with Gasteiger partial charge < -0.3 is 9.80 Å². The molecule has 23 heavy (non-hydrogen) atoms. The number of hydrogen-bond donors (Lipinski definition) is 0. The molecule has 2 aromatic heterocycles. The van der Waals surface area contributed by atoms with Crippen molar-refractivity contribution in [2.45, 2.75) is 38.4 Å². The number of pyridine rings is 1. The Kier molecular flexibility index (Phi) is 3.44. The van der Waals surface area contributed by atoms with Gasteiger partial charge in [-0.15, -0.1) is 0 Å². The first kappa shape index (κ1) is 14.1. The summed E-state index contributed by atoms with van der Waals surface area (Å²) in [7, 11) is 0. The van der Waals surface area contributed by atoms with Gasteiger partial charge in [0, 0.05) is 31.1 Å². The molecule has 2 aliphatic rings. The minimum Gasteiger partial charge on any atom is -0.335 e. The van der Waals surface area contributed by atoms with Crippen LogP contribution in [0.1, 0.15) is 24.2 Å². The fourth-order valence-corrected chi connectivity index (χ4v) is 3.68. The number of amides is 1. The first-order chi connectivity index (χ1) is 11.2. The molecule has 0 aliphatic carbocycles. The first-order valence-electron chi connectivity index (χ1n) is 7.98. The lowest BCUT2D eigenvalue weighted by molar-refractivity contribution is -0.129. The monoisotopic (exact) mass is 309 g/mol. The number of aryl methyl sites for hydroxylation is 1. The summed E-state index contributed by atoms with van der Waals surface area (Å²) < 4.78 is 0. The lowest BCUT2D eigenvalue weighted by atomic mass is 10.1. The molecule has 1 amide bonds. The summed E-state index contributed by atoms with van der Waals surface area (Å²) >= 11 is 0. The van der Waals surface area contributed by atoms with Crippen molar-refractivity contribution >= 4 is 11.9 Å². The van der Waals surface area contributed by atoms with Crippen molar-refractivity contribution in [3.05, 3.63) is 48.0 Å². The molecule has 6 nitrogen and oxygen atoms in total. The maximum atomic E-state index is 12.5. The van der Waals surface area contributed by atoms with E-state index in [1.54, 1.807) is 12.4 Å². The maximum Gasteiger partial charge on any atom is 0.225 e. The van der Waals surface area contributed by atoms with Crippen molar-refractivity contribution in [3.8, 4) is 0 Å². The van der Waals surface area contributed by atoms with Crippen LogP contribution in [0, 0.1) is 6.92 Å². The number of rotatable bonds is 3. The molecule has 2 atom stereocenters. The number of hydrogen-bond acceptors (Lipinski definition) is 5. The van der Waals surface area contributed by atoms with E-state index in [0.717, 1.165) is 30.3 Å². The van der Waals surface area contributed by atoms with Crippen molar-refractivity contribution in [3.63, 3.8) is 0 Å². The SMILES string of the molecule is Cc1cccc(CN2C(=O)C[C@@H]3[C@@H]2CCN3c2ncccn2)n1. The number of fused-ring (bicyclic) bond motifs is 1. The zero-order valence-electron chi connectivity index (χ0n) is 13.1. The van der Waals surface area contributed by atoms with E-state index in [1.807, 2.05) is 36.1 Å². The van der Waals surface area contributed by atoms with Gasteiger partial charge in [0.1, 0.15) is 0 Å². The predicted octanol–water partition coefficient (Wildman–Crippen LogP) is 1.56. The van der Waals surface area contributed by atoms with Crippen LogP contribution in [0.15, 0.2) is 36.7 Å². The fourth-order valence-electron chi connectivity index (χ4n) is 3.68. The summed E-state index contributed by atoms with van der Waals surface area (Å²) in [4.78, 5) is 29.8. The molecule has 2 saturated heterocycles. The van der Waals surface area contributed by atoms with Crippen molar-refractivity contribution in [2.24, 2.45) is 0 Å². The highest BCUT2D eigenvalue weighted by molar-refractivity contribution is 5.81. The number of nitrogens with zero attached hydrogens (tertiary/aromatic N) is 5. The van der Waals surface area contributed by atoms with Crippen LogP contribution < -0.4 is 4.90 Å². The fraction of sp³-hybridized carbons (Fsp3) is 0.412. The summed E-state index contributed by atoms with van der Waals surface area (Å²) in [5.41, 5.74) is 1.94. The summed E-state index contributed by atoms with van der Waals surface area (Å²) in [6, 6.07) is 8.17. The summed E-state index contributed by atoms with van der Waals surface area (Å²) in [6.45, 7) is 3.46. The molecule has 118 valence electrons. The molecular weight excluding hydrogens is 290 g/mol. The van der Waals surface area contributed by atoms with E-state index in [2.05, 4.69) is 19.9 Å². The predicted molar refractivity (Wildman–Crippen MR) is 85.7 cm³/mol. The second kappa shape index (κ2) is 5.61. The molecule has 4 heterocycles. The van der Waals surface area contributed by atoms with E-state index in [4.69, 9.17) is 0 Å². The maximum absolute atomic E-state index is 12.5. The first-order valence-corrected chi connectivity index (χ1v) is 7.98. The third-order valence-corrected chi connectivity index (χ3v) is 4.70. The molecule has 0 aromatic carbocycles. The number of aromatic nitrogens is 3. The standard InChI is InChI=1S/C17H19N5O/c1-12-4-2-5-13(20-12)11-22-14-6-9-21(15(14)10-16(22)23)17-18-7-3-8-19-17/h2-5,7-8,14-15H,6,9-11H2,1H3/t14-,15+/m0/s1. The Morgan fingerprint density at radius 2 is 2.00 bits per heavy atom. The Morgan fingerprint density at radius 1 is 1.17 bits per heavy atom. The average molecular weight is 309 g/mol. The van der Waals surface area contributed by atoms with E-state index in [9.17, 15) is 4.79 Å². The molecule has 0 spiro atoms. The Balaban J connectivity index is 1.55. The summed E-state index contributed by atoms with van der Waals surface area (Å²) in [5, 5.41) is 0. The highest BCUT2D eigenvalue weighted by atomic mass is 16.2. The van der Waals surface area contributed by atoms with Crippen molar-refractivity contribution in [1.29, 1.82) is 0 Å². The number of anilines is 1. The topological polar surface area (TPSA) is 62.2 Å². The molecule has 0 unspecified atom stereocenters. The van der Waals surface area contributed by atoms with E-state index in [-0.39, 0.29) is 18.0 Å². The largest absolute Gasteiger partial charge is 0.335 e. The van der Waals surface area contributed by atoms with Gasteiger partial charge >= 0.3 is 0 Å². The molecule has 4 rings (SSSR count). The third kappa shape index (κ3) is 2.54. The molecule has 0 radical (unpaired) electrons. The smallest absolute Gasteiger partial charge is 0.225 e. The van der Waals surface area contributed by atoms with Crippen molar-refractivity contribution in [2.75, 3.05) is 11.4 Å². The highest BCUT2D eigenvalue weighted by Crippen LogP contribution is 2.34. The quantitative estimate of drug-likeness (QED) is 0.861. The van der Waals surface area contributed by atoms with Crippen molar-refractivity contribution in [1.82, 2.24) is 19.9 Å². The van der Waals surface area contributed by atoms with Gasteiger partial charge in [-0.2, -0.15) is 0 Å². The lowest BCUT2D eigenvalue weighted by Crippen LogP contribution is -2.37. The normalized spacial score (nSPS) is 23.4. The highest BCUT2D eigenvalue weighted by Gasteiger charge is 2.47. The van der Waals surface area contributed by atoms with E-state index in [0.29, 0.717) is 13.0 Å². The minimum atomic E-state index is 0.176. The average Bonchev–Trinajstić information content (AvgIpc) is 3.09. The van der Waals surface area contributed by atoms with Crippen LogP contribution in [0.2, 0.25) is 0 Å². The molecular formula is C17H19N5O. The third-order valence-electron chi connectivity index (χ3n) is 4.70. The lowest BCUT2D eigenvalue weighted by Gasteiger charge is -2.25. The van der Waals surface area contributed by atoms with Gasteiger partial charge in [-0.25, -0.2) is 9.97 Å². The number of carbonyl (C=O) groups is 1. The second-order valence-electron chi connectivity index (χ2n) is 6.16. The van der Waals surface area contributed by atoms with Gasteiger partial charge in [-0.3, -0.25) is 9.78 Å². The van der Waals surface area contributed by atoms with E-state index in [1.165, 1.54) is 0 Å². The Bertz CT molecular complexity index is 720. The molecule has 6 heteroatoms. The van der Waals surface area contributed by atoms with Crippen LogP contribution in [-0.4, -0.2) is 44.4 Å². The number of carbonyl (C=O) groups excluding carboxylic acids is 1. The van der Waals surface area contributed by atoms with Gasteiger partial charge in [0.25, 0.3) is 0 Å². The van der Waals surface area contributed by atoms with Crippen LogP contribution in [0.25, 0.3) is 0 Å². The number of likely N-dealkylation sites (tertiary alicyclic amines) is 1. The van der Waals surface area contributed by atoms with Crippen molar-refractivity contribution < 1.29 is 4.79 Å². The summed E-state index contributed by atoms with van der Waals surface area (Å²) in [5.74, 6) is 0.923. The zero-order valence-corrected chi connectivity index (χ0v) is 13.1. The molecule has 2 aliphatic heterocycles. The van der Waals surface area contributed by atoms with Crippen LogP contribution >= 0.6 is 0 Å². The van der Waals surface area contributed by atoms with Crippen LogP contribution in [-0.2, 0) is 11.3 Å². The van der Waals surface area contributed by atoms with Crippen LogP contribution in [0.3, 0.4) is 0 Å². The molecule has 2 aromatic rings.